The first kappa shape index (κ1) is 17.4. The molecule has 3 rings (SSSR count). The molecular weight excluding hydrogens is 306 g/mol. The summed E-state index contributed by atoms with van der Waals surface area (Å²) in [6, 6.07) is 0. The average molecular weight is 335 g/mol. The molecule has 0 bridgehead atoms. The van der Waals surface area contributed by atoms with E-state index in [-0.39, 0.29) is 16.7 Å². The SMILES string of the molecule is CC(C)(C)c1noc(CCC(=O)N2CCCC3(CCOCC3)C2)n1. The monoisotopic (exact) mass is 335 g/mol. The molecule has 0 saturated carbocycles. The minimum Gasteiger partial charge on any atom is -0.381 e. The van der Waals surface area contributed by atoms with Gasteiger partial charge in [-0.05, 0) is 31.1 Å². The number of likely N-dealkylation sites (tertiary alicyclic amines) is 1. The van der Waals surface area contributed by atoms with E-state index in [0.717, 1.165) is 45.6 Å². The van der Waals surface area contributed by atoms with Crippen LogP contribution in [0.4, 0.5) is 0 Å². The van der Waals surface area contributed by atoms with Crippen molar-refractivity contribution in [1.82, 2.24) is 15.0 Å². The van der Waals surface area contributed by atoms with Gasteiger partial charge in [-0.15, -0.1) is 0 Å². The van der Waals surface area contributed by atoms with Crippen molar-refractivity contribution in [2.45, 2.75) is 64.7 Å². The first-order valence-corrected chi connectivity index (χ1v) is 9.07. The molecule has 1 amide bonds. The first-order chi connectivity index (χ1) is 11.4. The minimum atomic E-state index is -0.131. The van der Waals surface area contributed by atoms with Crippen LogP contribution in [0.3, 0.4) is 0 Å². The van der Waals surface area contributed by atoms with Crippen molar-refractivity contribution >= 4 is 5.91 Å². The maximum absolute atomic E-state index is 12.6. The van der Waals surface area contributed by atoms with Gasteiger partial charge in [-0.1, -0.05) is 25.9 Å². The third-order valence-corrected chi connectivity index (χ3v) is 5.26. The Morgan fingerprint density at radius 1 is 1.25 bits per heavy atom. The smallest absolute Gasteiger partial charge is 0.227 e. The van der Waals surface area contributed by atoms with E-state index in [4.69, 9.17) is 9.26 Å². The summed E-state index contributed by atoms with van der Waals surface area (Å²) in [5.41, 5.74) is 0.157. The molecule has 0 N–H and O–H groups in total. The molecule has 134 valence electrons. The summed E-state index contributed by atoms with van der Waals surface area (Å²) in [6.07, 6.45) is 5.44. The Labute approximate surface area is 143 Å². The van der Waals surface area contributed by atoms with Crippen LogP contribution in [-0.2, 0) is 21.4 Å². The highest BCUT2D eigenvalue weighted by atomic mass is 16.5. The summed E-state index contributed by atoms with van der Waals surface area (Å²) in [7, 11) is 0. The quantitative estimate of drug-likeness (QED) is 0.849. The van der Waals surface area contributed by atoms with Crippen LogP contribution in [0, 0.1) is 5.41 Å². The highest BCUT2D eigenvalue weighted by Gasteiger charge is 2.38. The summed E-state index contributed by atoms with van der Waals surface area (Å²) >= 11 is 0. The van der Waals surface area contributed by atoms with E-state index >= 15 is 0 Å². The predicted octanol–water partition coefficient (Wildman–Crippen LogP) is 2.72. The number of carbonyl (C=O) groups excluding carboxylic acids is 1. The summed E-state index contributed by atoms with van der Waals surface area (Å²) in [5, 5.41) is 4.02. The minimum absolute atomic E-state index is 0.131. The lowest BCUT2D eigenvalue weighted by molar-refractivity contribution is -0.136. The predicted molar refractivity (Wildman–Crippen MR) is 89.6 cm³/mol. The number of hydrogen-bond acceptors (Lipinski definition) is 5. The van der Waals surface area contributed by atoms with Gasteiger partial charge in [0.1, 0.15) is 0 Å². The van der Waals surface area contributed by atoms with Crippen molar-refractivity contribution in [3.8, 4) is 0 Å². The Kier molecular flexibility index (Phi) is 4.95. The van der Waals surface area contributed by atoms with Gasteiger partial charge in [0.05, 0.1) is 0 Å². The number of nitrogens with zero attached hydrogens (tertiary/aromatic N) is 3. The molecule has 1 spiro atoms. The van der Waals surface area contributed by atoms with Gasteiger partial charge in [0.25, 0.3) is 0 Å². The van der Waals surface area contributed by atoms with E-state index in [0.29, 0.717) is 24.6 Å². The molecular formula is C18H29N3O3. The van der Waals surface area contributed by atoms with E-state index in [2.05, 4.69) is 10.1 Å². The fourth-order valence-electron chi connectivity index (χ4n) is 3.67. The second kappa shape index (κ2) is 6.82. The zero-order valence-electron chi connectivity index (χ0n) is 15.1. The number of piperidine rings is 1. The molecule has 0 aromatic carbocycles. The Bertz CT molecular complexity index is 565. The van der Waals surface area contributed by atoms with Crippen LogP contribution in [0.5, 0.6) is 0 Å². The van der Waals surface area contributed by atoms with E-state index in [1.165, 1.54) is 6.42 Å². The fraction of sp³-hybridized carbons (Fsp3) is 0.833. The zero-order valence-corrected chi connectivity index (χ0v) is 15.1. The summed E-state index contributed by atoms with van der Waals surface area (Å²) in [4.78, 5) is 19.1. The van der Waals surface area contributed by atoms with Crippen LogP contribution in [0.2, 0.25) is 0 Å². The molecule has 6 nitrogen and oxygen atoms in total. The number of rotatable bonds is 3. The molecule has 1 aromatic heterocycles. The van der Waals surface area contributed by atoms with E-state index in [1.54, 1.807) is 0 Å². The van der Waals surface area contributed by atoms with Gasteiger partial charge in [-0.3, -0.25) is 4.79 Å². The van der Waals surface area contributed by atoms with Crippen LogP contribution in [-0.4, -0.2) is 47.3 Å². The number of amides is 1. The lowest BCUT2D eigenvalue weighted by Crippen LogP contribution is -2.48. The fourth-order valence-corrected chi connectivity index (χ4v) is 3.67. The number of aryl methyl sites for hydroxylation is 1. The van der Waals surface area contributed by atoms with Crippen LogP contribution in [0.1, 0.15) is 64.6 Å². The molecule has 1 aromatic rings. The molecule has 2 saturated heterocycles. The number of ether oxygens (including phenoxy) is 1. The highest BCUT2D eigenvalue weighted by molar-refractivity contribution is 5.76. The van der Waals surface area contributed by atoms with Gasteiger partial charge < -0.3 is 14.2 Å². The molecule has 2 fully saturated rings. The second-order valence-corrected chi connectivity index (χ2v) is 8.29. The van der Waals surface area contributed by atoms with Gasteiger partial charge in [-0.2, -0.15) is 4.98 Å². The van der Waals surface area contributed by atoms with Crippen LogP contribution >= 0.6 is 0 Å². The maximum atomic E-state index is 12.6. The van der Waals surface area contributed by atoms with Crippen molar-refractivity contribution in [3.05, 3.63) is 11.7 Å². The normalized spacial score (nSPS) is 21.2. The Balaban J connectivity index is 1.54. The lowest BCUT2D eigenvalue weighted by Gasteiger charge is -2.45. The van der Waals surface area contributed by atoms with Gasteiger partial charge in [0, 0.05) is 44.6 Å². The summed E-state index contributed by atoms with van der Waals surface area (Å²) in [5.74, 6) is 1.46. The van der Waals surface area contributed by atoms with Gasteiger partial charge >= 0.3 is 0 Å². The third-order valence-electron chi connectivity index (χ3n) is 5.26. The summed E-state index contributed by atoms with van der Waals surface area (Å²) in [6.45, 7) is 9.57. The zero-order chi connectivity index (χ0) is 17.2. The van der Waals surface area contributed by atoms with Gasteiger partial charge in [0.2, 0.25) is 11.8 Å². The standard InChI is InChI=1S/C18H29N3O3/c1-17(2,3)16-19-14(24-20-16)5-6-15(22)21-10-4-7-18(13-21)8-11-23-12-9-18/h4-13H2,1-3H3. The van der Waals surface area contributed by atoms with Crippen molar-refractivity contribution in [2.75, 3.05) is 26.3 Å². The number of hydrogen-bond donors (Lipinski definition) is 0. The maximum Gasteiger partial charge on any atom is 0.227 e. The lowest BCUT2D eigenvalue weighted by atomic mass is 9.74. The first-order valence-electron chi connectivity index (χ1n) is 9.07. The molecule has 2 aliphatic rings. The Morgan fingerprint density at radius 2 is 2.00 bits per heavy atom. The van der Waals surface area contributed by atoms with E-state index < -0.39 is 0 Å². The van der Waals surface area contributed by atoms with Crippen molar-refractivity contribution in [1.29, 1.82) is 0 Å². The van der Waals surface area contributed by atoms with Crippen LogP contribution in [0.15, 0.2) is 4.52 Å². The van der Waals surface area contributed by atoms with Crippen LogP contribution in [0.25, 0.3) is 0 Å². The Morgan fingerprint density at radius 3 is 2.67 bits per heavy atom. The third kappa shape index (κ3) is 3.97. The van der Waals surface area contributed by atoms with E-state index in [9.17, 15) is 4.79 Å². The average Bonchev–Trinajstić information content (AvgIpc) is 3.02. The molecule has 6 heteroatoms. The van der Waals surface area contributed by atoms with Gasteiger partial charge in [-0.25, -0.2) is 0 Å². The highest BCUT2D eigenvalue weighted by Crippen LogP contribution is 2.39. The molecule has 0 unspecified atom stereocenters. The topological polar surface area (TPSA) is 68.5 Å². The second-order valence-electron chi connectivity index (χ2n) is 8.29. The summed E-state index contributed by atoms with van der Waals surface area (Å²) < 4.78 is 10.8. The molecule has 2 aliphatic heterocycles. The van der Waals surface area contributed by atoms with E-state index in [1.807, 2.05) is 25.7 Å². The van der Waals surface area contributed by atoms with Gasteiger partial charge in [0.15, 0.2) is 5.82 Å². The number of carbonyl (C=O) groups is 1. The molecule has 0 aliphatic carbocycles. The largest absolute Gasteiger partial charge is 0.381 e. The molecule has 0 atom stereocenters. The van der Waals surface area contributed by atoms with Crippen molar-refractivity contribution < 1.29 is 14.1 Å². The van der Waals surface area contributed by atoms with Crippen LogP contribution < -0.4 is 0 Å². The Hall–Kier alpha value is -1.43. The molecule has 24 heavy (non-hydrogen) atoms. The number of aromatic nitrogens is 2. The van der Waals surface area contributed by atoms with Crippen molar-refractivity contribution in [2.24, 2.45) is 5.41 Å². The van der Waals surface area contributed by atoms with Crippen molar-refractivity contribution in [3.63, 3.8) is 0 Å². The molecule has 0 radical (unpaired) electrons. The molecule has 3 heterocycles.